The highest BCUT2D eigenvalue weighted by Gasteiger charge is 2.15. The van der Waals surface area contributed by atoms with E-state index in [1.165, 1.54) is 21.8 Å². The number of aromatic nitrogens is 1. The van der Waals surface area contributed by atoms with Crippen molar-refractivity contribution in [2.75, 3.05) is 0 Å². The first-order valence-electron chi connectivity index (χ1n) is 15.5. The van der Waals surface area contributed by atoms with Gasteiger partial charge < -0.3 is 19.1 Å². The van der Waals surface area contributed by atoms with Crippen LogP contribution < -0.4 is 5.73 Å². The van der Waals surface area contributed by atoms with Gasteiger partial charge in [-0.3, -0.25) is 0 Å². The van der Waals surface area contributed by atoms with E-state index in [0.717, 1.165) is 71.8 Å². The fourth-order valence-corrected chi connectivity index (χ4v) is 6.92. The van der Waals surface area contributed by atoms with E-state index in [0.29, 0.717) is 5.56 Å². The van der Waals surface area contributed by atoms with Crippen LogP contribution in [0.2, 0.25) is 0 Å². The van der Waals surface area contributed by atoms with Crippen LogP contribution in [0, 0.1) is 11.3 Å². The third-order valence-corrected chi connectivity index (χ3v) is 9.23. The molecule has 0 unspecified atom stereocenters. The molecule has 0 radical (unpaired) electrons. The summed E-state index contributed by atoms with van der Waals surface area (Å²) in [5.41, 5.74) is 17.5. The van der Waals surface area contributed by atoms with E-state index in [-0.39, 0.29) is 0 Å². The number of allylic oxidation sites excluding steroid dienone is 3. The van der Waals surface area contributed by atoms with Crippen molar-refractivity contribution >= 4 is 76.8 Å². The number of benzene rings is 6. The van der Waals surface area contributed by atoms with Gasteiger partial charge in [0.05, 0.1) is 22.7 Å². The number of nitrogens with two attached hydrogens (primary N) is 1. The summed E-state index contributed by atoms with van der Waals surface area (Å²) in [4.78, 5) is 0. The molecular weight excluding hydrogens is 578 g/mol. The van der Waals surface area contributed by atoms with Crippen LogP contribution in [0.5, 0.6) is 0 Å². The Labute approximate surface area is 269 Å². The fraction of sp³-hybridized carbons (Fsp3) is 0.0238. The van der Waals surface area contributed by atoms with Gasteiger partial charge in [-0.1, -0.05) is 48.5 Å². The number of rotatable bonds is 4. The van der Waals surface area contributed by atoms with Crippen molar-refractivity contribution in [3.05, 3.63) is 150 Å². The number of nitrogens with zero attached hydrogens (tertiary/aromatic N) is 2. The van der Waals surface area contributed by atoms with Crippen LogP contribution in [-0.4, -0.2) is 4.57 Å². The molecule has 9 aromatic rings. The van der Waals surface area contributed by atoms with Gasteiger partial charge >= 0.3 is 0 Å². The molecule has 0 aliphatic rings. The molecule has 0 fully saturated rings. The molecule has 3 heterocycles. The first-order chi connectivity index (χ1) is 23.1. The highest BCUT2D eigenvalue weighted by atomic mass is 16.3. The maximum atomic E-state index is 9.42. The van der Waals surface area contributed by atoms with E-state index in [9.17, 15) is 5.26 Å². The quantitative estimate of drug-likeness (QED) is 0.202. The van der Waals surface area contributed by atoms with E-state index in [1.54, 1.807) is 12.3 Å². The molecule has 3 aromatic heterocycles. The average Bonchev–Trinajstić information content (AvgIpc) is 3.78. The van der Waals surface area contributed by atoms with Gasteiger partial charge in [0.1, 0.15) is 22.3 Å². The van der Waals surface area contributed by atoms with Crippen LogP contribution in [0.15, 0.2) is 142 Å². The number of nitriles is 1. The van der Waals surface area contributed by atoms with Crippen molar-refractivity contribution in [1.82, 2.24) is 4.57 Å². The zero-order chi connectivity index (χ0) is 31.6. The molecule has 47 heavy (non-hydrogen) atoms. The van der Waals surface area contributed by atoms with Crippen molar-refractivity contribution in [3.63, 3.8) is 0 Å². The summed E-state index contributed by atoms with van der Waals surface area (Å²) in [6, 6.07) is 43.6. The van der Waals surface area contributed by atoms with Gasteiger partial charge in [-0.25, -0.2) is 0 Å². The second kappa shape index (κ2) is 10.3. The summed E-state index contributed by atoms with van der Waals surface area (Å²) >= 11 is 0. The Hall–Kier alpha value is -6.51. The van der Waals surface area contributed by atoms with E-state index in [1.807, 2.05) is 30.3 Å². The molecule has 0 saturated carbocycles. The van der Waals surface area contributed by atoms with E-state index in [4.69, 9.17) is 14.6 Å². The van der Waals surface area contributed by atoms with E-state index >= 15 is 0 Å². The summed E-state index contributed by atoms with van der Waals surface area (Å²) in [5, 5.41) is 15.9. The molecule has 0 spiro atoms. The van der Waals surface area contributed by atoms with Crippen LogP contribution in [0.25, 0.3) is 82.5 Å². The third-order valence-electron chi connectivity index (χ3n) is 9.23. The van der Waals surface area contributed by atoms with Gasteiger partial charge in [0, 0.05) is 44.2 Å². The molecule has 5 heteroatoms. The molecule has 0 saturated heterocycles. The average molecular weight is 606 g/mol. The molecule has 0 bridgehead atoms. The SMILES string of the molecule is C/C(=C\C(=C/N)c1ccc2oc3ccc(C#N)cc3c2c1)c1ccc2oc3ccc(-n4c5ccccc5c5ccccc54)cc3c2c1. The molecule has 0 atom stereocenters. The molecule has 9 rings (SSSR count). The molecule has 222 valence electrons. The summed E-state index contributed by atoms with van der Waals surface area (Å²) in [5.74, 6) is 0. The lowest BCUT2D eigenvalue weighted by atomic mass is 9.98. The van der Waals surface area contributed by atoms with Gasteiger partial charge in [0.2, 0.25) is 0 Å². The van der Waals surface area contributed by atoms with Crippen molar-refractivity contribution in [2.24, 2.45) is 5.73 Å². The Balaban J connectivity index is 1.14. The minimum Gasteiger partial charge on any atom is -0.456 e. The fourth-order valence-electron chi connectivity index (χ4n) is 6.92. The number of furan rings is 2. The summed E-state index contributed by atoms with van der Waals surface area (Å²) < 4.78 is 14.7. The van der Waals surface area contributed by atoms with Crippen LogP contribution in [0.3, 0.4) is 0 Å². The zero-order valence-electron chi connectivity index (χ0n) is 25.5. The minimum absolute atomic E-state index is 0.597. The number of hydrogen-bond donors (Lipinski definition) is 1. The van der Waals surface area contributed by atoms with Crippen molar-refractivity contribution in [3.8, 4) is 11.8 Å². The second-order valence-electron chi connectivity index (χ2n) is 11.9. The number of fused-ring (bicyclic) bond motifs is 9. The lowest BCUT2D eigenvalue weighted by Crippen LogP contribution is -1.93. The summed E-state index contributed by atoms with van der Waals surface area (Å²) in [6.07, 6.45) is 3.74. The predicted octanol–water partition coefficient (Wildman–Crippen LogP) is 10.9. The Morgan fingerprint density at radius 3 is 1.79 bits per heavy atom. The van der Waals surface area contributed by atoms with Crippen LogP contribution in [0.1, 0.15) is 23.6 Å². The van der Waals surface area contributed by atoms with Crippen molar-refractivity contribution in [2.45, 2.75) is 6.92 Å². The molecule has 0 amide bonds. The van der Waals surface area contributed by atoms with Gasteiger partial charge in [-0.05, 0) is 108 Å². The van der Waals surface area contributed by atoms with E-state index < -0.39 is 0 Å². The Bertz CT molecular complexity index is 2780. The van der Waals surface area contributed by atoms with Crippen molar-refractivity contribution in [1.29, 1.82) is 5.26 Å². The topological polar surface area (TPSA) is 81.0 Å². The predicted molar refractivity (Wildman–Crippen MR) is 192 cm³/mol. The Morgan fingerprint density at radius 2 is 1.15 bits per heavy atom. The smallest absolute Gasteiger partial charge is 0.135 e. The number of para-hydroxylation sites is 2. The standard InChI is InChI=1S/C42H27N3O2/c1-25(18-29(24-44)28-12-16-41-35(21-28)33-19-26(23-43)10-14-39(33)46-41)27-11-15-40-34(20-27)36-22-30(13-17-42(36)47-40)45-37-8-4-2-6-31(37)32-7-3-5-9-38(32)45/h2-22,24H,44H2,1H3/b25-18+,29-24+. The maximum absolute atomic E-state index is 9.42. The molecule has 0 aliphatic heterocycles. The second-order valence-corrected chi connectivity index (χ2v) is 11.9. The third kappa shape index (κ3) is 4.16. The molecular formula is C42H27N3O2. The Morgan fingerprint density at radius 1 is 0.617 bits per heavy atom. The zero-order valence-corrected chi connectivity index (χ0v) is 25.5. The molecule has 6 aromatic carbocycles. The molecule has 0 aliphatic carbocycles. The highest BCUT2D eigenvalue weighted by molar-refractivity contribution is 6.11. The van der Waals surface area contributed by atoms with Crippen LogP contribution >= 0.6 is 0 Å². The van der Waals surface area contributed by atoms with E-state index in [2.05, 4.69) is 109 Å². The van der Waals surface area contributed by atoms with Gasteiger partial charge in [-0.2, -0.15) is 5.26 Å². The first kappa shape index (κ1) is 26.9. The lowest BCUT2D eigenvalue weighted by molar-refractivity contribution is 0.668. The van der Waals surface area contributed by atoms with Gasteiger partial charge in [0.25, 0.3) is 0 Å². The summed E-state index contributed by atoms with van der Waals surface area (Å²) in [6.45, 7) is 2.10. The normalized spacial score (nSPS) is 12.7. The van der Waals surface area contributed by atoms with Crippen LogP contribution in [0.4, 0.5) is 0 Å². The minimum atomic E-state index is 0.597. The van der Waals surface area contributed by atoms with Gasteiger partial charge in [-0.15, -0.1) is 0 Å². The molecule has 2 N–H and O–H groups in total. The first-order valence-corrected chi connectivity index (χ1v) is 15.5. The highest BCUT2D eigenvalue weighted by Crippen LogP contribution is 2.37. The monoisotopic (exact) mass is 605 g/mol. The van der Waals surface area contributed by atoms with Crippen molar-refractivity contribution < 1.29 is 8.83 Å². The van der Waals surface area contributed by atoms with Crippen LogP contribution in [-0.2, 0) is 0 Å². The maximum Gasteiger partial charge on any atom is 0.135 e. The lowest BCUT2D eigenvalue weighted by Gasteiger charge is -2.08. The summed E-state index contributed by atoms with van der Waals surface area (Å²) in [7, 11) is 0. The van der Waals surface area contributed by atoms with Gasteiger partial charge in [0.15, 0.2) is 0 Å². The molecule has 5 nitrogen and oxygen atoms in total. The Kier molecular flexibility index (Phi) is 5.87. The number of hydrogen-bond acceptors (Lipinski definition) is 4. The largest absolute Gasteiger partial charge is 0.456 e.